The molecule has 0 saturated heterocycles. The van der Waals surface area contributed by atoms with Gasteiger partial charge in [0, 0.05) is 11.1 Å². The highest BCUT2D eigenvalue weighted by Gasteiger charge is 2.21. The van der Waals surface area contributed by atoms with Crippen molar-refractivity contribution in [3.63, 3.8) is 0 Å². The first-order chi connectivity index (χ1) is 18.8. The van der Waals surface area contributed by atoms with Crippen molar-refractivity contribution in [2.45, 2.75) is 0 Å². The van der Waals surface area contributed by atoms with Gasteiger partial charge in [0.2, 0.25) is 0 Å². The smallest absolute Gasteiger partial charge is 0.307 e. The topological polar surface area (TPSA) is 48.9 Å². The Hall–Kier alpha value is -5.29. The van der Waals surface area contributed by atoms with Gasteiger partial charge in [-0.15, -0.1) is 0 Å². The Morgan fingerprint density at radius 1 is 0.500 bits per heavy atom. The van der Waals surface area contributed by atoms with Gasteiger partial charge in [0.25, 0.3) is 0 Å². The molecule has 0 amide bonds. The highest BCUT2D eigenvalue weighted by atomic mass is 16.5. The Labute approximate surface area is 219 Å². The third-order valence-corrected chi connectivity index (χ3v) is 6.37. The molecule has 0 saturated carbocycles. The van der Waals surface area contributed by atoms with Crippen LogP contribution in [0.2, 0.25) is 0 Å². The van der Waals surface area contributed by atoms with E-state index in [1.54, 1.807) is 0 Å². The largest absolute Gasteiger partial charge is 0.457 e. The van der Waals surface area contributed by atoms with E-state index >= 15 is 0 Å². The Morgan fingerprint density at radius 3 is 1.61 bits per heavy atom. The lowest BCUT2D eigenvalue weighted by Gasteiger charge is -2.09. The molecular formula is C33H22N2O3. The number of imidazole rings is 1. The molecule has 5 heteroatoms. The van der Waals surface area contributed by atoms with Gasteiger partial charge in [0.1, 0.15) is 28.7 Å². The van der Waals surface area contributed by atoms with Gasteiger partial charge < -0.3 is 13.9 Å². The zero-order chi connectivity index (χ0) is 25.3. The van der Waals surface area contributed by atoms with E-state index in [1.165, 1.54) is 0 Å². The molecular weight excluding hydrogens is 472 g/mol. The molecule has 0 bridgehead atoms. The van der Waals surface area contributed by atoms with Crippen molar-refractivity contribution in [3.05, 3.63) is 133 Å². The Kier molecular flexibility index (Phi) is 5.37. The summed E-state index contributed by atoms with van der Waals surface area (Å²) >= 11 is 0. The Balaban J connectivity index is 1.30. The van der Waals surface area contributed by atoms with E-state index in [4.69, 9.17) is 18.9 Å². The van der Waals surface area contributed by atoms with Crippen molar-refractivity contribution >= 4 is 16.9 Å². The third kappa shape index (κ3) is 4.06. The molecule has 0 radical (unpaired) electrons. The number of aromatic nitrogens is 2. The summed E-state index contributed by atoms with van der Waals surface area (Å²) in [6.07, 6.45) is 0. The number of oxazole rings is 1. The van der Waals surface area contributed by atoms with E-state index in [0.717, 1.165) is 56.6 Å². The molecule has 5 nitrogen and oxygen atoms in total. The number of ether oxygens (including phenoxy) is 2. The van der Waals surface area contributed by atoms with Gasteiger partial charge in [-0.25, -0.2) is 0 Å². The summed E-state index contributed by atoms with van der Waals surface area (Å²) in [5.74, 6) is 3.67. The molecule has 0 aliphatic rings. The summed E-state index contributed by atoms with van der Waals surface area (Å²) in [7, 11) is 0. The van der Waals surface area contributed by atoms with E-state index in [2.05, 4.69) is 16.5 Å². The minimum Gasteiger partial charge on any atom is -0.457 e. The summed E-state index contributed by atoms with van der Waals surface area (Å²) in [5.41, 5.74) is 5.51. The summed E-state index contributed by atoms with van der Waals surface area (Å²) in [6, 6.07) is 43.5. The number of hydrogen-bond acceptors (Lipinski definition) is 4. The summed E-state index contributed by atoms with van der Waals surface area (Å²) in [4.78, 5) is 4.92. The van der Waals surface area contributed by atoms with E-state index in [-0.39, 0.29) is 0 Å². The van der Waals surface area contributed by atoms with Crippen LogP contribution in [0.1, 0.15) is 0 Å². The lowest BCUT2D eigenvalue weighted by molar-refractivity contribution is 0.482. The summed E-state index contributed by atoms with van der Waals surface area (Å²) < 4.78 is 20.2. The molecule has 2 heterocycles. The van der Waals surface area contributed by atoms with Crippen molar-refractivity contribution < 1.29 is 13.9 Å². The summed E-state index contributed by atoms with van der Waals surface area (Å²) in [5, 5.41) is 0. The van der Waals surface area contributed by atoms with Crippen LogP contribution in [0.4, 0.5) is 0 Å². The fraction of sp³-hybridized carbons (Fsp3) is 0. The van der Waals surface area contributed by atoms with Crippen LogP contribution in [0.5, 0.6) is 23.0 Å². The average molecular weight is 495 g/mol. The molecule has 0 aliphatic heterocycles. The molecule has 0 unspecified atom stereocenters. The Morgan fingerprint density at radius 2 is 1.00 bits per heavy atom. The monoisotopic (exact) mass is 494 g/mol. The second-order valence-corrected chi connectivity index (χ2v) is 8.88. The maximum absolute atomic E-state index is 6.12. The van der Waals surface area contributed by atoms with Crippen molar-refractivity contribution in [2.24, 2.45) is 0 Å². The van der Waals surface area contributed by atoms with Crippen LogP contribution >= 0.6 is 0 Å². The van der Waals surface area contributed by atoms with Crippen LogP contribution in [0.15, 0.2) is 138 Å². The molecule has 0 fully saturated rings. The van der Waals surface area contributed by atoms with Crippen LogP contribution in [0.3, 0.4) is 0 Å². The van der Waals surface area contributed by atoms with E-state index in [9.17, 15) is 0 Å². The van der Waals surface area contributed by atoms with Gasteiger partial charge in [-0.2, -0.15) is 4.98 Å². The number of fused-ring (bicyclic) bond motifs is 3. The number of nitrogens with zero attached hydrogens (tertiary/aromatic N) is 2. The molecule has 0 spiro atoms. The molecule has 182 valence electrons. The van der Waals surface area contributed by atoms with Gasteiger partial charge in [-0.3, -0.25) is 4.40 Å². The highest BCUT2D eigenvalue weighted by molar-refractivity contribution is 5.87. The quantitative estimate of drug-likeness (QED) is 0.231. The van der Waals surface area contributed by atoms with Crippen LogP contribution in [-0.2, 0) is 0 Å². The van der Waals surface area contributed by atoms with Crippen LogP contribution in [-0.4, -0.2) is 9.38 Å². The fourth-order valence-electron chi connectivity index (χ4n) is 4.60. The van der Waals surface area contributed by atoms with E-state index in [0.29, 0.717) is 5.84 Å². The van der Waals surface area contributed by atoms with Crippen LogP contribution < -0.4 is 9.47 Å². The van der Waals surface area contributed by atoms with Crippen molar-refractivity contribution in [2.75, 3.05) is 0 Å². The zero-order valence-electron chi connectivity index (χ0n) is 20.3. The van der Waals surface area contributed by atoms with Gasteiger partial charge in [0.15, 0.2) is 5.58 Å². The van der Waals surface area contributed by atoms with Crippen molar-refractivity contribution in [1.29, 1.82) is 0 Å². The van der Waals surface area contributed by atoms with Gasteiger partial charge in [-0.1, -0.05) is 48.5 Å². The predicted molar refractivity (Wildman–Crippen MR) is 149 cm³/mol. The van der Waals surface area contributed by atoms with Gasteiger partial charge in [-0.05, 0) is 84.9 Å². The number of benzene rings is 5. The second kappa shape index (κ2) is 9.30. The Bertz CT molecular complexity index is 1840. The van der Waals surface area contributed by atoms with E-state index < -0.39 is 0 Å². The van der Waals surface area contributed by atoms with Gasteiger partial charge >= 0.3 is 5.84 Å². The van der Waals surface area contributed by atoms with E-state index in [1.807, 2.05) is 121 Å². The first-order valence-electron chi connectivity index (χ1n) is 12.4. The molecule has 7 rings (SSSR count). The second-order valence-electron chi connectivity index (χ2n) is 8.88. The highest BCUT2D eigenvalue weighted by Crippen LogP contribution is 2.38. The normalized spacial score (nSPS) is 11.2. The average Bonchev–Trinajstić information content (AvgIpc) is 3.52. The number of para-hydroxylation sites is 4. The van der Waals surface area contributed by atoms with Gasteiger partial charge in [0.05, 0.1) is 11.2 Å². The minimum absolute atomic E-state index is 0.547. The third-order valence-electron chi connectivity index (χ3n) is 6.37. The molecule has 5 aromatic carbocycles. The lowest BCUT2D eigenvalue weighted by atomic mass is 10.0. The molecule has 7 aromatic rings. The fourth-order valence-corrected chi connectivity index (χ4v) is 4.60. The molecule has 38 heavy (non-hydrogen) atoms. The molecule has 2 aromatic heterocycles. The molecule has 0 atom stereocenters. The molecule has 0 N–H and O–H groups in total. The van der Waals surface area contributed by atoms with Crippen molar-refractivity contribution in [3.8, 4) is 45.5 Å². The standard InChI is InChI=1S/C33H22N2O3/c1-3-9-25(10-4-1)36-27-19-15-23(16-20-27)31-32(35-29-13-7-8-14-30(29)38-33(35)34-31)24-17-21-28(22-18-24)37-26-11-5-2-6-12-26/h1-22H. The van der Waals surface area contributed by atoms with Crippen LogP contribution in [0, 0.1) is 0 Å². The number of rotatable bonds is 6. The van der Waals surface area contributed by atoms with Crippen LogP contribution in [0.25, 0.3) is 39.5 Å². The minimum atomic E-state index is 0.547. The molecule has 0 aliphatic carbocycles. The first-order valence-corrected chi connectivity index (χ1v) is 12.4. The first kappa shape index (κ1) is 21.9. The predicted octanol–water partition coefficient (Wildman–Crippen LogP) is 9.00. The number of hydrogen-bond donors (Lipinski definition) is 0. The van der Waals surface area contributed by atoms with Crippen molar-refractivity contribution in [1.82, 2.24) is 9.38 Å². The SMILES string of the molecule is c1ccc(Oc2ccc(-c3nc4oc5ccccc5n4c3-c3ccc(Oc4ccccc4)cc3)cc2)cc1. The maximum atomic E-state index is 6.12. The zero-order valence-corrected chi connectivity index (χ0v) is 20.3. The summed E-state index contributed by atoms with van der Waals surface area (Å²) in [6.45, 7) is 0. The maximum Gasteiger partial charge on any atom is 0.307 e. The lowest BCUT2D eigenvalue weighted by Crippen LogP contribution is -1.90.